The first-order chi connectivity index (χ1) is 12.2. The molecule has 1 aliphatic heterocycles. The number of nitrogens with one attached hydrogen (secondary N) is 2. The second-order valence-corrected chi connectivity index (χ2v) is 5.76. The van der Waals surface area contributed by atoms with Crippen molar-refractivity contribution in [3.63, 3.8) is 0 Å². The van der Waals surface area contributed by atoms with Crippen LogP contribution in [0.1, 0.15) is 0 Å². The van der Waals surface area contributed by atoms with E-state index in [9.17, 15) is 9.59 Å². The second-order valence-electron chi connectivity index (χ2n) is 5.76. The Morgan fingerprint density at radius 2 is 1.80 bits per heavy atom. The minimum absolute atomic E-state index is 0.220. The highest BCUT2D eigenvalue weighted by atomic mass is 16.5. The Morgan fingerprint density at radius 3 is 2.48 bits per heavy atom. The zero-order chi connectivity index (χ0) is 17.5. The van der Waals surface area contributed by atoms with Crippen molar-refractivity contribution in [2.24, 2.45) is 0 Å². The Bertz CT molecular complexity index is 682. The van der Waals surface area contributed by atoms with E-state index in [-0.39, 0.29) is 5.82 Å². The third-order valence-corrected chi connectivity index (χ3v) is 4.09. The van der Waals surface area contributed by atoms with Gasteiger partial charge in [-0.3, -0.25) is 19.8 Å². The molecule has 0 unspecified atom stereocenters. The van der Waals surface area contributed by atoms with E-state index < -0.39 is 11.8 Å². The van der Waals surface area contributed by atoms with E-state index in [1.54, 1.807) is 0 Å². The van der Waals surface area contributed by atoms with Gasteiger partial charge in [0.2, 0.25) is 0 Å². The monoisotopic (exact) mass is 343 g/mol. The Morgan fingerprint density at radius 1 is 1.04 bits per heavy atom. The van der Waals surface area contributed by atoms with Crippen LogP contribution < -0.4 is 15.5 Å². The second kappa shape index (κ2) is 8.29. The first kappa shape index (κ1) is 17.0. The van der Waals surface area contributed by atoms with Crippen LogP contribution in [-0.4, -0.2) is 61.1 Å². The normalized spacial score (nSPS) is 15.0. The van der Waals surface area contributed by atoms with E-state index in [4.69, 9.17) is 0 Å². The molecular formula is C17H21N5O3. The highest BCUT2D eigenvalue weighted by Gasteiger charge is 2.18. The van der Waals surface area contributed by atoms with Crippen LogP contribution in [-0.2, 0) is 9.59 Å². The average molecular weight is 343 g/mol. The van der Waals surface area contributed by atoms with Crippen LogP contribution in [0.15, 0.2) is 47.2 Å². The maximum atomic E-state index is 11.7. The summed E-state index contributed by atoms with van der Waals surface area (Å²) in [6.07, 6.45) is 1.32. The molecule has 2 amide bonds. The summed E-state index contributed by atoms with van der Waals surface area (Å²) >= 11 is 0. The first-order valence-corrected chi connectivity index (χ1v) is 8.24. The summed E-state index contributed by atoms with van der Waals surface area (Å²) in [4.78, 5) is 28.0. The van der Waals surface area contributed by atoms with Gasteiger partial charge in [0.1, 0.15) is 6.26 Å². The Kier molecular flexibility index (Phi) is 5.63. The molecule has 2 heterocycles. The third kappa shape index (κ3) is 4.80. The molecule has 0 aliphatic carbocycles. The maximum absolute atomic E-state index is 11.7. The fraction of sp³-hybridized carbons (Fsp3) is 0.353. The molecule has 1 aromatic carbocycles. The zero-order valence-corrected chi connectivity index (χ0v) is 13.9. The minimum atomic E-state index is -0.747. The number of benzene rings is 1. The molecule has 1 saturated heterocycles. The molecule has 1 aromatic heterocycles. The van der Waals surface area contributed by atoms with Crippen molar-refractivity contribution in [1.29, 1.82) is 0 Å². The van der Waals surface area contributed by atoms with Crippen molar-refractivity contribution in [3.05, 3.63) is 42.7 Å². The molecule has 8 heteroatoms. The van der Waals surface area contributed by atoms with E-state index in [0.29, 0.717) is 13.1 Å². The van der Waals surface area contributed by atoms with Gasteiger partial charge in [-0.25, -0.2) is 0 Å². The van der Waals surface area contributed by atoms with Gasteiger partial charge in [0.25, 0.3) is 0 Å². The maximum Gasteiger partial charge on any atom is 0.314 e. The summed E-state index contributed by atoms with van der Waals surface area (Å²) in [6.45, 7) is 4.89. The molecule has 0 atom stereocenters. The highest BCUT2D eigenvalue weighted by Crippen LogP contribution is 2.15. The third-order valence-electron chi connectivity index (χ3n) is 4.09. The molecule has 2 N–H and O–H groups in total. The van der Waals surface area contributed by atoms with Gasteiger partial charge >= 0.3 is 11.8 Å². The summed E-state index contributed by atoms with van der Waals surface area (Å²) in [7, 11) is 0. The van der Waals surface area contributed by atoms with Gasteiger partial charge in [-0.2, -0.15) is 0 Å². The minimum Gasteiger partial charge on any atom is -0.369 e. The standard InChI is InChI=1S/C17H21N5O3/c23-16(17(24)19-15-6-13-25-20-15)18-7-8-21-9-11-22(12-10-21)14-4-2-1-3-5-14/h1-6,13H,7-12H2,(H,18,23)(H,19,20,24). The molecule has 2 aromatic rings. The van der Waals surface area contributed by atoms with Gasteiger partial charge in [0.15, 0.2) is 5.82 Å². The molecule has 132 valence electrons. The van der Waals surface area contributed by atoms with Crippen LogP contribution in [0.4, 0.5) is 11.5 Å². The first-order valence-electron chi connectivity index (χ1n) is 8.24. The van der Waals surface area contributed by atoms with Crippen molar-refractivity contribution in [3.8, 4) is 0 Å². The number of hydrogen-bond acceptors (Lipinski definition) is 6. The summed E-state index contributed by atoms with van der Waals surface area (Å²) in [5.74, 6) is -1.20. The van der Waals surface area contributed by atoms with Crippen LogP contribution in [0.2, 0.25) is 0 Å². The summed E-state index contributed by atoms with van der Waals surface area (Å²) in [6, 6.07) is 11.8. The van der Waals surface area contributed by atoms with Gasteiger partial charge in [-0.15, -0.1) is 0 Å². The van der Waals surface area contributed by atoms with Crippen molar-refractivity contribution in [1.82, 2.24) is 15.4 Å². The quantitative estimate of drug-likeness (QED) is 0.771. The van der Waals surface area contributed by atoms with Gasteiger partial charge in [-0.1, -0.05) is 23.4 Å². The lowest BCUT2D eigenvalue weighted by Crippen LogP contribution is -2.49. The van der Waals surface area contributed by atoms with Crippen LogP contribution in [0.3, 0.4) is 0 Å². The number of rotatable bonds is 5. The number of hydrogen-bond donors (Lipinski definition) is 2. The molecule has 0 bridgehead atoms. The van der Waals surface area contributed by atoms with E-state index in [2.05, 4.69) is 42.2 Å². The Labute approximate surface area is 145 Å². The van der Waals surface area contributed by atoms with E-state index in [1.165, 1.54) is 18.0 Å². The van der Waals surface area contributed by atoms with Crippen LogP contribution in [0.5, 0.6) is 0 Å². The van der Waals surface area contributed by atoms with Crippen molar-refractivity contribution in [2.75, 3.05) is 49.5 Å². The number of carbonyl (C=O) groups is 2. The molecule has 0 saturated carbocycles. The van der Waals surface area contributed by atoms with E-state index in [1.807, 2.05) is 18.2 Å². The number of amides is 2. The van der Waals surface area contributed by atoms with Gasteiger partial charge < -0.3 is 14.7 Å². The lowest BCUT2D eigenvalue weighted by Gasteiger charge is -2.36. The fourth-order valence-electron chi connectivity index (χ4n) is 2.73. The summed E-state index contributed by atoms with van der Waals surface area (Å²) in [5.41, 5.74) is 1.24. The van der Waals surface area contributed by atoms with Gasteiger partial charge in [0, 0.05) is 51.0 Å². The largest absolute Gasteiger partial charge is 0.369 e. The SMILES string of the molecule is O=C(NCCN1CCN(c2ccccc2)CC1)C(=O)Nc1ccon1. The molecule has 0 radical (unpaired) electrons. The van der Waals surface area contributed by atoms with Crippen molar-refractivity contribution < 1.29 is 14.1 Å². The van der Waals surface area contributed by atoms with Gasteiger partial charge in [-0.05, 0) is 12.1 Å². The number of carbonyl (C=O) groups excluding carboxylic acids is 2. The number of nitrogens with zero attached hydrogens (tertiary/aromatic N) is 3. The highest BCUT2D eigenvalue weighted by molar-refractivity contribution is 6.39. The lowest BCUT2D eigenvalue weighted by atomic mass is 10.2. The van der Waals surface area contributed by atoms with E-state index in [0.717, 1.165) is 26.2 Å². The molecule has 0 spiro atoms. The molecule has 1 fully saturated rings. The van der Waals surface area contributed by atoms with E-state index >= 15 is 0 Å². The van der Waals surface area contributed by atoms with Crippen LogP contribution in [0, 0.1) is 0 Å². The van der Waals surface area contributed by atoms with Gasteiger partial charge in [0.05, 0.1) is 0 Å². The zero-order valence-electron chi connectivity index (χ0n) is 13.9. The summed E-state index contributed by atoms with van der Waals surface area (Å²) in [5, 5.41) is 8.50. The number of aromatic nitrogens is 1. The molecule has 8 nitrogen and oxygen atoms in total. The average Bonchev–Trinajstić information content (AvgIpc) is 3.16. The van der Waals surface area contributed by atoms with Crippen LogP contribution in [0.25, 0.3) is 0 Å². The Balaban J connectivity index is 1.34. The lowest BCUT2D eigenvalue weighted by molar-refractivity contribution is -0.136. The predicted octanol–water partition coefficient (Wildman–Crippen LogP) is 0.551. The van der Waals surface area contributed by atoms with Crippen LogP contribution >= 0.6 is 0 Å². The predicted molar refractivity (Wildman–Crippen MR) is 93.2 cm³/mol. The number of para-hydroxylation sites is 1. The number of anilines is 2. The Hall–Kier alpha value is -2.87. The van der Waals surface area contributed by atoms with Crippen molar-refractivity contribution in [2.45, 2.75) is 0 Å². The molecule has 3 rings (SSSR count). The number of piperazine rings is 1. The fourth-order valence-corrected chi connectivity index (χ4v) is 2.73. The molecular weight excluding hydrogens is 322 g/mol. The van der Waals surface area contributed by atoms with Crippen molar-refractivity contribution >= 4 is 23.3 Å². The summed E-state index contributed by atoms with van der Waals surface area (Å²) < 4.78 is 4.59. The smallest absolute Gasteiger partial charge is 0.314 e. The molecule has 25 heavy (non-hydrogen) atoms. The topological polar surface area (TPSA) is 90.7 Å². The molecule has 1 aliphatic rings.